The summed E-state index contributed by atoms with van der Waals surface area (Å²) in [5.41, 5.74) is 7.71. The maximum Gasteiger partial charge on any atom is 0.263 e. The van der Waals surface area contributed by atoms with Crippen molar-refractivity contribution in [1.82, 2.24) is 4.40 Å². The molecule has 0 aliphatic rings. The number of rotatable bonds is 2. The van der Waals surface area contributed by atoms with Crippen LogP contribution in [0.5, 0.6) is 0 Å². The van der Waals surface area contributed by atoms with Gasteiger partial charge in [-0.1, -0.05) is 12.1 Å². The Labute approximate surface area is 125 Å². The van der Waals surface area contributed by atoms with Crippen molar-refractivity contribution in [2.75, 3.05) is 0 Å². The minimum Gasteiger partial charge on any atom is -0.324 e. The number of pyridine rings is 2. The zero-order chi connectivity index (χ0) is 15.9. The van der Waals surface area contributed by atoms with Gasteiger partial charge in [0.15, 0.2) is 0 Å². The highest BCUT2D eigenvalue weighted by molar-refractivity contribution is 5.70. The molecule has 2 N–H and O–H groups in total. The Hall–Kier alpha value is -2.53. The van der Waals surface area contributed by atoms with Gasteiger partial charge in [-0.2, -0.15) is 0 Å². The molecule has 3 rings (SSSR count). The van der Waals surface area contributed by atoms with Crippen LogP contribution in [-0.2, 0) is 0 Å². The Kier molecular flexibility index (Phi) is 3.50. The van der Waals surface area contributed by atoms with E-state index in [1.54, 1.807) is 13.0 Å². The maximum atomic E-state index is 13.4. The zero-order valence-electron chi connectivity index (χ0n) is 11.9. The molecule has 3 nitrogen and oxygen atoms in total. The molecule has 0 fully saturated rings. The van der Waals surface area contributed by atoms with Crippen molar-refractivity contribution < 1.29 is 8.78 Å². The number of benzene rings is 1. The highest BCUT2D eigenvalue weighted by Crippen LogP contribution is 2.25. The van der Waals surface area contributed by atoms with Crippen molar-refractivity contribution in [1.29, 1.82) is 0 Å². The Morgan fingerprint density at radius 3 is 2.32 bits per heavy atom. The van der Waals surface area contributed by atoms with Gasteiger partial charge in [0.25, 0.3) is 5.56 Å². The normalized spacial score (nSPS) is 12.5. The summed E-state index contributed by atoms with van der Waals surface area (Å²) in [5, 5.41) is 0. The minimum atomic E-state index is -0.506. The van der Waals surface area contributed by atoms with Crippen LogP contribution in [-0.4, -0.2) is 4.40 Å². The van der Waals surface area contributed by atoms with Crippen LogP contribution in [0, 0.1) is 11.6 Å². The van der Waals surface area contributed by atoms with Gasteiger partial charge in [-0.25, -0.2) is 8.78 Å². The number of fused-ring (bicyclic) bond motifs is 1. The lowest BCUT2D eigenvalue weighted by atomic mass is 9.97. The summed E-state index contributed by atoms with van der Waals surface area (Å²) in [6.07, 6.45) is 1.13. The van der Waals surface area contributed by atoms with Crippen LogP contribution in [0.2, 0.25) is 0 Å². The van der Waals surface area contributed by atoms with E-state index in [1.807, 2.05) is 0 Å². The third-order valence-electron chi connectivity index (χ3n) is 3.59. The second-order valence-electron chi connectivity index (χ2n) is 5.22. The highest BCUT2D eigenvalue weighted by Gasteiger charge is 2.16. The van der Waals surface area contributed by atoms with Crippen molar-refractivity contribution in [3.8, 4) is 11.1 Å². The molecule has 1 aromatic carbocycles. The van der Waals surface area contributed by atoms with E-state index in [4.69, 9.17) is 5.73 Å². The number of nitrogens with zero attached hydrogens (tertiary/aromatic N) is 1. The van der Waals surface area contributed by atoms with E-state index < -0.39 is 11.6 Å². The topological polar surface area (TPSA) is 47.5 Å². The van der Waals surface area contributed by atoms with Crippen LogP contribution >= 0.6 is 0 Å². The summed E-state index contributed by atoms with van der Waals surface area (Å²) in [4.78, 5) is 12.7. The number of halogens is 2. The third-order valence-corrected chi connectivity index (χ3v) is 3.59. The molecule has 0 spiro atoms. The van der Waals surface area contributed by atoms with Crippen LogP contribution < -0.4 is 11.3 Å². The number of hydrogen-bond donors (Lipinski definition) is 1. The first-order chi connectivity index (χ1) is 10.5. The monoisotopic (exact) mass is 300 g/mol. The standard InChI is InChI=1S/C17H14F2N2O/c1-10(20)15-8-14-7-6-13(19)9-21(14)17(22)16(15)11-2-4-12(18)5-3-11/h2-10H,20H2,1H3. The second kappa shape index (κ2) is 5.35. The smallest absolute Gasteiger partial charge is 0.263 e. The maximum absolute atomic E-state index is 13.4. The van der Waals surface area contributed by atoms with Gasteiger partial charge in [-0.3, -0.25) is 9.20 Å². The number of nitrogens with two attached hydrogens (primary N) is 1. The Bertz CT molecular complexity index is 899. The van der Waals surface area contributed by atoms with Crippen molar-refractivity contribution in [3.63, 3.8) is 0 Å². The lowest BCUT2D eigenvalue weighted by molar-refractivity contribution is 0.618. The van der Waals surface area contributed by atoms with Gasteiger partial charge >= 0.3 is 0 Å². The van der Waals surface area contributed by atoms with Gasteiger partial charge in [0.1, 0.15) is 11.6 Å². The Morgan fingerprint density at radius 1 is 1.05 bits per heavy atom. The third kappa shape index (κ3) is 2.40. The first-order valence-electron chi connectivity index (χ1n) is 6.83. The molecule has 0 radical (unpaired) electrons. The first kappa shape index (κ1) is 14.4. The van der Waals surface area contributed by atoms with E-state index in [1.165, 1.54) is 40.8 Å². The fourth-order valence-corrected chi connectivity index (χ4v) is 2.52. The molecular weight excluding hydrogens is 286 g/mol. The van der Waals surface area contributed by atoms with Crippen molar-refractivity contribution in [2.45, 2.75) is 13.0 Å². The van der Waals surface area contributed by atoms with E-state index in [-0.39, 0.29) is 11.6 Å². The van der Waals surface area contributed by atoms with Gasteiger partial charge < -0.3 is 5.73 Å². The highest BCUT2D eigenvalue weighted by atomic mass is 19.1. The van der Waals surface area contributed by atoms with E-state index in [0.29, 0.717) is 22.2 Å². The van der Waals surface area contributed by atoms with Crippen molar-refractivity contribution in [3.05, 3.63) is 76.2 Å². The van der Waals surface area contributed by atoms with Crippen LogP contribution in [0.15, 0.2) is 53.5 Å². The fraction of sp³-hybridized carbons (Fsp3) is 0.118. The van der Waals surface area contributed by atoms with Crippen LogP contribution in [0.4, 0.5) is 8.78 Å². The molecule has 3 aromatic rings. The van der Waals surface area contributed by atoms with Gasteiger partial charge in [-0.15, -0.1) is 0 Å². The molecule has 0 saturated heterocycles. The molecule has 0 saturated carbocycles. The molecule has 0 bridgehead atoms. The molecule has 0 aliphatic carbocycles. The zero-order valence-corrected chi connectivity index (χ0v) is 11.9. The molecule has 2 aromatic heterocycles. The molecule has 0 amide bonds. The lowest BCUT2D eigenvalue weighted by Crippen LogP contribution is -2.21. The van der Waals surface area contributed by atoms with Crippen LogP contribution in [0.25, 0.3) is 16.6 Å². The van der Waals surface area contributed by atoms with Gasteiger partial charge in [0.2, 0.25) is 0 Å². The second-order valence-corrected chi connectivity index (χ2v) is 5.22. The van der Waals surface area contributed by atoms with Crippen LogP contribution in [0.3, 0.4) is 0 Å². The predicted octanol–water partition coefficient (Wildman–Crippen LogP) is 3.26. The molecular formula is C17H14F2N2O. The molecule has 112 valence electrons. The van der Waals surface area contributed by atoms with E-state index in [2.05, 4.69) is 0 Å². The predicted molar refractivity (Wildman–Crippen MR) is 81.6 cm³/mol. The first-order valence-corrected chi connectivity index (χ1v) is 6.83. The van der Waals surface area contributed by atoms with Crippen molar-refractivity contribution in [2.24, 2.45) is 5.73 Å². The van der Waals surface area contributed by atoms with E-state index >= 15 is 0 Å². The SMILES string of the molecule is CC(N)c1cc2ccc(F)cn2c(=O)c1-c1ccc(F)cc1. The molecule has 1 atom stereocenters. The molecule has 1 unspecified atom stereocenters. The van der Waals surface area contributed by atoms with Gasteiger partial charge in [0, 0.05) is 17.8 Å². The van der Waals surface area contributed by atoms with E-state index in [0.717, 1.165) is 6.20 Å². The summed E-state index contributed by atoms with van der Waals surface area (Å²) in [5.74, 6) is -0.897. The summed E-state index contributed by atoms with van der Waals surface area (Å²) >= 11 is 0. The van der Waals surface area contributed by atoms with Crippen molar-refractivity contribution >= 4 is 5.52 Å². The van der Waals surface area contributed by atoms with Crippen LogP contribution in [0.1, 0.15) is 18.5 Å². The van der Waals surface area contributed by atoms with Gasteiger partial charge in [0.05, 0.1) is 5.56 Å². The summed E-state index contributed by atoms with van der Waals surface area (Å²) in [7, 11) is 0. The number of aromatic nitrogens is 1. The average molecular weight is 300 g/mol. The fourth-order valence-electron chi connectivity index (χ4n) is 2.52. The minimum absolute atomic E-state index is 0.359. The quantitative estimate of drug-likeness (QED) is 0.789. The average Bonchev–Trinajstić information content (AvgIpc) is 2.49. The summed E-state index contributed by atoms with van der Waals surface area (Å²) < 4.78 is 27.8. The Morgan fingerprint density at radius 2 is 1.68 bits per heavy atom. The lowest BCUT2D eigenvalue weighted by Gasteiger charge is -2.14. The largest absolute Gasteiger partial charge is 0.324 e. The van der Waals surface area contributed by atoms with E-state index in [9.17, 15) is 13.6 Å². The molecule has 5 heteroatoms. The number of hydrogen-bond acceptors (Lipinski definition) is 2. The summed E-state index contributed by atoms with van der Waals surface area (Å²) in [6, 6.07) is 9.77. The Balaban J connectivity index is 2.40. The molecule has 2 heterocycles. The molecule has 22 heavy (non-hydrogen) atoms. The molecule has 0 aliphatic heterocycles. The summed E-state index contributed by atoms with van der Waals surface area (Å²) in [6.45, 7) is 1.77. The van der Waals surface area contributed by atoms with Gasteiger partial charge in [-0.05, 0) is 48.4 Å².